The lowest BCUT2D eigenvalue weighted by Gasteiger charge is -2.17. The lowest BCUT2D eigenvalue weighted by atomic mass is 10.0. The second kappa shape index (κ2) is 4.88. The predicted molar refractivity (Wildman–Crippen MR) is 80.9 cm³/mol. The maximum atomic E-state index is 13.8. The van der Waals surface area contributed by atoms with E-state index in [4.69, 9.17) is 23.2 Å². The molecule has 0 spiro atoms. The highest BCUT2D eigenvalue weighted by Gasteiger charge is 2.41. The number of hydrogen-bond donors (Lipinski definition) is 0. The fourth-order valence-corrected chi connectivity index (χ4v) is 3.07. The first kappa shape index (κ1) is 14.2. The van der Waals surface area contributed by atoms with Crippen LogP contribution >= 0.6 is 23.2 Å². The van der Waals surface area contributed by atoms with E-state index in [1.807, 2.05) is 6.92 Å². The molecule has 0 aliphatic heterocycles. The van der Waals surface area contributed by atoms with Gasteiger partial charge in [-0.05, 0) is 37.7 Å². The van der Waals surface area contributed by atoms with E-state index in [1.54, 1.807) is 6.07 Å². The van der Waals surface area contributed by atoms with Crippen molar-refractivity contribution in [1.82, 2.24) is 9.55 Å². The summed E-state index contributed by atoms with van der Waals surface area (Å²) in [5.41, 5.74) is 1.84. The van der Waals surface area contributed by atoms with Gasteiger partial charge in [0.15, 0.2) is 0 Å². The predicted octanol–water partition coefficient (Wildman–Crippen LogP) is 5.32. The monoisotopic (exact) mass is 314 g/mol. The summed E-state index contributed by atoms with van der Waals surface area (Å²) in [6.45, 7) is 4.95. The van der Waals surface area contributed by atoms with Gasteiger partial charge in [0.05, 0.1) is 21.4 Å². The SMILES string of the molecule is CCC1(Cn2c(C(C)Cl)nc3cc(Cl)c(F)cc32)CC1. The molecule has 1 aromatic carbocycles. The largest absolute Gasteiger partial charge is 0.326 e. The quantitative estimate of drug-likeness (QED) is 0.698. The van der Waals surface area contributed by atoms with E-state index in [0.29, 0.717) is 10.9 Å². The van der Waals surface area contributed by atoms with Crippen molar-refractivity contribution in [1.29, 1.82) is 0 Å². The maximum Gasteiger partial charge on any atom is 0.144 e. The minimum atomic E-state index is -0.407. The zero-order chi connectivity index (χ0) is 14.5. The zero-order valence-electron chi connectivity index (χ0n) is 11.6. The Morgan fingerprint density at radius 1 is 1.45 bits per heavy atom. The highest BCUT2D eigenvalue weighted by Crippen LogP contribution is 2.50. The van der Waals surface area contributed by atoms with Crippen LogP contribution in [0.5, 0.6) is 0 Å². The van der Waals surface area contributed by atoms with Crippen molar-refractivity contribution >= 4 is 34.2 Å². The molecule has 0 saturated heterocycles. The second-order valence-electron chi connectivity index (χ2n) is 5.78. The van der Waals surface area contributed by atoms with Crippen molar-refractivity contribution in [2.24, 2.45) is 5.41 Å². The van der Waals surface area contributed by atoms with Gasteiger partial charge in [-0.1, -0.05) is 18.5 Å². The van der Waals surface area contributed by atoms with Gasteiger partial charge in [0.1, 0.15) is 11.6 Å². The van der Waals surface area contributed by atoms with E-state index < -0.39 is 5.82 Å². The molecule has 0 radical (unpaired) electrons. The molecule has 0 amide bonds. The molecular weight excluding hydrogens is 298 g/mol. The van der Waals surface area contributed by atoms with E-state index in [-0.39, 0.29) is 10.4 Å². The molecule has 3 rings (SSSR count). The molecule has 0 N–H and O–H groups in total. The Morgan fingerprint density at radius 3 is 2.70 bits per heavy atom. The van der Waals surface area contributed by atoms with Crippen molar-refractivity contribution in [2.75, 3.05) is 0 Å². The number of rotatable bonds is 4. The van der Waals surface area contributed by atoms with Crippen LogP contribution in [-0.4, -0.2) is 9.55 Å². The summed E-state index contributed by atoms with van der Waals surface area (Å²) in [5, 5.41) is -0.107. The van der Waals surface area contributed by atoms with Crippen LogP contribution in [0, 0.1) is 11.2 Å². The molecule has 1 aromatic heterocycles. The number of aromatic nitrogens is 2. The van der Waals surface area contributed by atoms with E-state index in [0.717, 1.165) is 24.3 Å². The number of nitrogens with zero attached hydrogens (tertiary/aromatic N) is 2. The summed E-state index contributed by atoms with van der Waals surface area (Å²) in [6.07, 6.45) is 3.56. The normalized spacial score (nSPS) is 18.4. The fourth-order valence-electron chi connectivity index (χ4n) is 2.74. The average Bonchev–Trinajstić information content (AvgIpc) is 3.10. The maximum absolute atomic E-state index is 13.8. The molecule has 1 saturated carbocycles. The molecule has 2 aromatic rings. The number of hydrogen-bond acceptors (Lipinski definition) is 1. The summed E-state index contributed by atoms with van der Waals surface area (Å²) >= 11 is 12.1. The summed E-state index contributed by atoms with van der Waals surface area (Å²) in [5.74, 6) is 0.387. The van der Waals surface area contributed by atoms with Gasteiger partial charge in [-0.2, -0.15) is 0 Å². The van der Waals surface area contributed by atoms with Gasteiger partial charge in [-0.3, -0.25) is 0 Å². The molecule has 1 aliphatic rings. The number of benzene rings is 1. The Labute approximate surface area is 127 Å². The van der Waals surface area contributed by atoms with Crippen LogP contribution in [0.4, 0.5) is 4.39 Å². The molecule has 0 bridgehead atoms. The molecular formula is C15H17Cl2FN2. The molecule has 1 aliphatic carbocycles. The Balaban J connectivity index is 2.15. The molecule has 20 heavy (non-hydrogen) atoms. The Morgan fingerprint density at radius 2 is 2.15 bits per heavy atom. The van der Waals surface area contributed by atoms with Crippen molar-refractivity contribution in [3.05, 3.63) is 28.8 Å². The third-order valence-electron chi connectivity index (χ3n) is 4.38. The van der Waals surface area contributed by atoms with Crippen LogP contribution < -0.4 is 0 Å². The molecule has 108 valence electrons. The minimum absolute atomic E-state index is 0.104. The highest BCUT2D eigenvalue weighted by molar-refractivity contribution is 6.31. The first-order valence-corrected chi connectivity index (χ1v) is 7.76. The lowest BCUT2D eigenvalue weighted by molar-refractivity contribution is 0.407. The molecule has 2 nitrogen and oxygen atoms in total. The van der Waals surface area contributed by atoms with Gasteiger partial charge in [0.2, 0.25) is 0 Å². The Bertz CT molecular complexity index is 659. The van der Waals surface area contributed by atoms with E-state index >= 15 is 0 Å². The number of alkyl halides is 1. The lowest BCUT2D eigenvalue weighted by Crippen LogP contribution is -2.14. The zero-order valence-corrected chi connectivity index (χ0v) is 13.1. The van der Waals surface area contributed by atoms with E-state index in [1.165, 1.54) is 18.9 Å². The van der Waals surface area contributed by atoms with Crippen LogP contribution in [0.25, 0.3) is 11.0 Å². The van der Waals surface area contributed by atoms with Crippen LogP contribution in [-0.2, 0) is 6.54 Å². The van der Waals surface area contributed by atoms with Gasteiger partial charge in [0, 0.05) is 12.6 Å². The second-order valence-corrected chi connectivity index (χ2v) is 6.84. The number of imidazole rings is 1. The Kier molecular flexibility index (Phi) is 3.46. The third kappa shape index (κ3) is 2.31. The van der Waals surface area contributed by atoms with Gasteiger partial charge < -0.3 is 4.57 Å². The fraction of sp³-hybridized carbons (Fsp3) is 0.533. The van der Waals surface area contributed by atoms with Crippen molar-refractivity contribution in [3.63, 3.8) is 0 Å². The summed E-state index contributed by atoms with van der Waals surface area (Å²) < 4.78 is 15.8. The van der Waals surface area contributed by atoms with Crippen molar-refractivity contribution < 1.29 is 4.39 Å². The van der Waals surface area contributed by atoms with Crippen LogP contribution in [0.15, 0.2) is 12.1 Å². The number of fused-ring (bicyclic) bond motifs is 1. The van der Waals surface area contributed by atoms with Gasteiger partial charge in [0.25, 0.3) is 0 Å². The first-order chi connectivity index (χ1) is 9.46. The molecule has 1 atom stereocenters. The van der Waals surface area contributed by atoms with Crippen LogP contribution in [0.3, 0.4) is 0 Å². The van der Waals surface area contributed by atoms with E-state index in [2.05, 4.69) is 16.5 Å². The van der Waals surface area contributed by atoms with Gasteiger partial charge >= 0.3 is 0 Å². The first-order valence-electron chi connectivity index (χ1n) is 6.95. The molecule has 1 unspecified atom stereocenters. The van der Waals surface area contributed by atoms with E-state index in [9.17, 15) is 4.39 Å². The smallest absolute Gasteiger partial charge is 0.144 e. The summed E-state index contributed by atoms with van der Waals surface area (Å²) in [6, 6.07) is 3.05. The highest BCUT2D eigenvalue weighted by atomic mass is 35.5. The minimum Gasteiger partial charge on any atom is -0.326 e. The molecule has 1 heterocycles. The average molecular weight is 315 g/mol. The van der Waals surface area contributed by atoms with Crippen molar-refractivity contribution in [3.8, 4) is 0 Å². The van der Waals surface area contributed by atoms with Gasteiger partial charge in [-0.15, -0.1) is 11.6 Å². The Hall–Kier alpha value is -0.800. The topological polar surface area (TPSA) is 17.8 Å². The standard InChI is InChI=1S/C15H17Cl2FN2/c1-3-15(4-5-15)8-20-13-7-11(18)10(17)6-12(13)19-14(20)9(2)16/h6-7,9H,3-5,8H2,1-2H3. The summed E-state index contributed by atoms with van der Waals surface area (Å²) in [4.78, 5) is 4.54. The number of halogens is 3. The van der Waals surface area contributed by atoms with Crippen LogP contribution in [0.1, 0.15) is 44.3 Å². The van der Waals surface area contributed by atoms with Crippen LogP contribution in [0.2, 0.25) is 5.02 Å². The summed E-state index contributed by atoms with van der Waals surface area (Å²) in [7, 11) is 0. The molecule has 5 heteroatoms. The van der Waals surface area contributed by atoms with Crippen molar-refractivity contribution in [2.45, 2.75) is 45.0 Å². The molecule has 1 fully saturated rings. The van der Waals surface area contributed by atoms with Gasteiger partial charge in [-0.25, -0.2) is 9.37 Å². The third-order valence-corrected chi connectivity index (χ3v) is 4.86.